The lowest BCUT2D eigenvalue weighted by Gasteiger charge is -1.87. The number of thiophene rings is 1. The molecule has 0 amide bonds. The maximum atomic E-state index is 8.17. The SMILES string of the molecule is [N-]=[N+]=NCc1nc(-c2csc(Cl)c2)cs1. The molecule has 2 aromatic heterocycles. The van der Waals surface area contributed by atoms with Crippen molar-refractivity contribution in [3.8, 4) is 11.3 Å². The third-order valence-electron chi connectivity index (χ3n) is 1.68. The predicted molar refractivity (Wildman–Crippen MR) is 63.3 cm³/mol. The summed E-state index contributed by atoms with van der Waals surface area (Å²) in [5, 5.41) is 8.15. The summed E-state index contributed by atoms with van der Waals surface area (Å²) in [5.74, 6) is 0. The van der Waals surface area contributed by atoms with Crippen LogP contribution in [-0.4, -0.2) is 4.98 Å². The predicted octanol–water partition coefficient (Wildman–Crippen LogP) is 4.34. The molecule has 0 unspecified atom stereocenters. The van der Waals surface area contributed by atoms with Crippen molar-refractivity contribution in [1.82, 2.24) is 4.98 Å². The third kappa shape index (κ3) is 2.49. The van der Waals surface area contributed by atoms with Gasteiger partial charge in [-0.2, -0.15) is 0 Å². The first-order valence-electron chi connectivity index (χ1n) is 3.99. The van der Waals surface area contributed by atoms with Gasteiger partial charge in [0.05, 0.1) is 21.6 Å². The zero-order valence-corrected chi connectivity index (χ0v) is 9.81. The third-order valence-corrected chi connectivity index (χ3v) is 3.61. The minimum Gasteiger partial charge on any atom is -0.241 e. The van der Waals surface area contributed by atoms with Crippen LogP contribution >= 0.6 is 34.3 Å². The Hall–Kier alpha value is -1.07. The summed E-state index contributed by atoms with van der Waals surface area (Å²) in [6.07, 6.45) is 0. The molecule has 7 heteroatoms. The van der Waals surface area contributed by atoms with Gasteiger partial charge in [-0.25, -0.2) is 4.98 Å². The van der Waals surface area contributed by atoms with E-state index >= 15 is 0 Å². The number of hydrogen-bond acceptors (Lipinski definition) is 4. The molecule has 2 heterocycles. The Balaban J connectivity index is 2.23. The maximum absolute atomic E-state index is 8.17. The van der Waals surface area contributed by atoms with Gasteiger partial charge in [0.25, 0.3) is 0 Å². The average Bonchev–Trinajstić information content (AvgIpc) is 2.83. The molecule has 0 aliphatic heterocycles. The second kappa shape index (κ2) is 4.63. The minimum atomic E-state index is 0.305. The zero-order chi connectivity index (χ0) is 10.7. The van der Waals surface area contributed by atoms with Crippen molar-refractivity contribution in [2.45, 2.75) is 6.54 Å². The van der Waals surface area contributed by atoms with Gasteiger partial charge in [0.2, 0.25) is 0 Å². The van der Waals surface area contributed by atoms with Crippen LogP contribution in [0.15, 0.2) is 21.9 Å². The lowest BCUT2D eigenvalue weighted by atomic mass is 10.3. The van der Waals surface area contributed by atoms with E-state index in [2.05, 4.69) is 15.0 Å². The fourth-order valence-corrected chi connectivity index (χ4v) is 2.65. The number of azide groups is 1. The minimum absolute atomic E-state index is 0.305. The van der Waals surface area contributed by atoms with Gasteiger partial charge >= 0.3 is 0 Å². The van der Waals surface area contributed by atoms with Crippen molar-refractivity contribution >= 4 is 34.3 Å². The monoisotopic (exact) mass is 256 g/mol. The Bertz CT molecular complexity index is 512. The van der Waals surface area contributed by atoms with Crippen molar-refractivity contribution < 1.29 is 0 Å². The van der Waals surface area contributed by atoms with E-state index in [1.54, 1.807) is 0 Å². The zero-order valence-electron chi connectivity index (χ0n) is 7.42. The van der Waals surface area contributed by atoms with Crippen molar-refractivity contribution in [1.29, 1.82) is 0 Å². The number of hydrogen-bond donors (Lipinski definition) is 0. The van der Waals surface area contributed by atoms with Crippen LogP contribution in [0, 0.1) is 0 Å². The molecule has 4 nitrogen and oxygen atoms in total. The van der Waals surface area contributed by atoms with Crippen molar-refractivity contribution in [3.05, 3.63) is 36.6 Å². The Morgan fingerprint density at radius 3 is 3.00 bits per heavy atom. The summed E-state index contributed by atoms with van der Waals surface area (Å²) in [7, 11) is 0. The number of halogens is 1. The molecule has 0 aliphatic rings. The molecule has 0 N–H and O–H groups in total. The normalized spacial score (nSPS) is 9.93. The molecule has 15 heavy (non-hydrogen) atoms. The number of aromatic nitrogens is 1. The molecular weight excluding hydrogens is 252 g/mol. The molecule has 0 aromatic carbocycles. The molecule has 2 rings (SSSR count). The number of rotatable bonds is 3. The van der Waals surface area contributed by atoms with Crippen molar-refractivity contribution in [2.24, 2.45) is 5.11 Å². The largest absolute Gasteiger partial charge is 0.241 e. The topological polar surface area (TPSA) is 61.7 Å². The Kier molecular flexibility index (Phi) is 3.23. The molecular formula is C8H5ClN4S2. The molecule has 0 spiro atoms. The van der Waals surface area contributed by atoms with Crippen molar-refractivity contribution in [3.63, 3.8) is 0 Å². The van der Waals surface area contributed by atoms with E-state index in [0.717, 1.165) is 20.6 Å². The fraction of sp³-hybridized carbons (Fsp3) is 0.125. The standard InChI is InChI=1S/C8H5ClN4S2/c9-7-1-5(3-14-7)6-4-15-8(12-6)2-11-13-10/h1,3-4H,2H2. The second-order valence-corrected chi connectivity index (χ2v) is 5.14. The number of nitrogens with zero attached hydrogens (tertiary/aromatic N) is 4. The lowest BCUT2D eigenvalue weighted by Crippen LogP contribution is -1.78. The summed E-state index contributed by atoms with van der Waals surface area (Å²) < 4.78 is 0.745. The first-order chi connectivity index (χ1) is 7.29. The average molecular weight is 257 g/mol. The Labute approximate surface area is 98.8 Å². The molecule has 76 valence electrons. The van der Waals surface area contributed by atoms with E-state index in [-0.39, 0.29) is 0 Å². The van der Waals surface area contributed by atoms with E-state index in [9.17, 15) is 0 Å². The molecule has 0 saturated carbocycles. The first-order valence-corrected chi connectivity index (χ1v) is 6.13. The van der Waals surface area contributed by atoms with E-state index in [1.807, 2.05) is 16.8 Å². The van der Waals surface area contributed by atoms with Gasteiger partial charge in [0.15, 0.2) is 0 Å². The second-order valence-electron chi connectivity index (χ2n) is 2.65. The molecule has 0 aliphatic carbocycles. The highest BCUT2D eigenvalue weighted by atomic mass is 35.5. The molecule has 0 radical (unpaired) electrons. The highest BCUT2D eigenvalue weighted by Crippen LogP contribution is 2.29. The van der Waals surface area contributed by atoms with Crippen LogP contribution in [0.2, 0.25) is 4.34 Å². The van der Waals surface area contributed by atoms with Crippen molar-refractivity contribution in [2.75, 3.05) is 0 Å². The summed E-state index contributed by atoms with van der Waals surface area (Å²) in [6.45, 7) is 0.305. The maximum Gasteiger partial charge on any atom is 0.0990 e. The Morgan fingerprint density at radius 1 is 1.47 bits per heavy atom. The van der Waals surface area contributed by atoms with Crippen LogP contribution < -0.4 is 0 Å². The molecule has 0 saturated heterocycles. The van der Waals surface area contributed by atoms with Gasteiger partial charge in [-0.3, -0.25) is 0 Å². The highest BCUT2D eigenvalue weighted by Gasteiger charge is 2.05. The van der Waals surface area contributed by atoms with Gasteiger partial charge in [-0.15, -0.1) is 22.7 Å². The van der Waals surface area contributed by atoms with Gasteiger partial charge in [-0.05, 0) is 11.6 Å². The lowest BCUT2D eigenvalue weighted by molar-refractivity contribution is 1.02. The van der Waals surface area contributed by atoms with Crippen LogP contribution in [0.1, 0.15) is 5.01 Å². The van der Waals surface area contributed by atoms with Crippen LogP contribution in [0.3, 0.4) is 0 Å². The summed E-state index contributed by atoms with van der Waals surface area (Å²) in [5.41, 5.74) is 10.1. The van der Waals surface area contributed by atoms with E-state index in [4.69, 9.17) is 17.1 Å². The quantitative estimate of drug-likeness (QED) is 0.458. The van der Waals surface area contributed by atoms with Gasteiger partial charge in [0.1, 0.15) is 0 Å². The van der Waals surface area contributed by atoms with Crippen LogP contribution in [0.25, 0.3) is 21.7 Å². The molecule has 0 bridgehead atoms. The molecule has 0 atom stereocenters. The van der Waals surface area contributed by atoms with Gasteiger partial charge in [0, 0.05) is 21.2 Å². The Morgan fingerprint density at radius 2 is 2.33 bits per heavy atom. The smallest absolute Gasteiger partial charge is 0.0990 e. The summed E-state index contributed by atoms with van der Waals surface area (Å²) >= 11 is 8.78. The van der Waals surface area contributed by atoms with E-state index in [0.29, 0.717) is 6.54 Å². The van der Waals surface area contributed by atoms with Gasteiger partial charge in [-0.1, -0.05) is 16.7 Å². The highest BCUT2D eigenvalue weighted by molar-refractivity contribution is 7.14. The van der Waals surface area contributed by atoms with Crippen LogP contribution in [0.5, 0.6) is 0 Å². The van der Waals surface area contributed by atoms with E-state index in [1.165, 1.54) is 22.7 Å². The molecule has 2 aromatic rings. The molecule has 0 fully saturated rings. The number of thiazole rings is 1. The van der Waals surface area contributed by atoms with Crippen LogP contribution in [-0.2, 0) is 6.54 Å². The van der Waals surface area contributed by atoms with E-state index < -0.39 is 0 Å². The van der Waals surface area contributed by atoms with Crippen LogP contribution in [0.4, 0.5) is 0 Å². The summed E-state index contributed by atoms with van der Waals surface area (Å²) in [6, 6.07) is 1.87. The van der Waals surface area contributed by atoms with Gasteiger partial charge < -0.3 is 0 Å². The first kappa shape index (κ1) is 10.4. The summed E-state index contributed by atoms with van der Waals surface area (Å²) in [4.78, 5) is 7.02. The fourth-order valence-electron chi connectivity index (χ4n) is 1.05.